The minimum Gasteiger partial charge on any atom is -0.445 e. The van der Waals surface area contributed by atoms with Gasteiger partial charge in [0, 0.05) is 6.07 Å². The molecule has 0 aliphatic rings. The van der Waals surface area contributed by atoms with Crippen molar-refractivity contribution < 1.29 is 73.1 Å². The first-order valence-electron chi connectivity index (χ1n) is 3.16. The standard InChI is InChI=1S/C6H2BBrF5.K/c8-4-1-3(9)2-5(10)6(4)7(11,12)13;/h1-2H;/q-1;+1. The van der Waals surface area contributed by atoms with Crippen LogP contribution in [-0.4, -0.2) is 6.98 Å². The third kappa shape index (κ3) is 3.57. The van der Waals surface area contributed by atoms with Gasteiger partial charge in [-0.25, -0.2) is 8.78 Å². The van der Waals surface area contributed by atoms with Gasteiger partial charge >= 0.3 is 58.4 Å². The molecule has 0 spiro atoms. The fourth-order valence-corrected chi connectivity index (χ4v) is 1.53. The average Bonchev–Trinajstić information content (AvgIpc) is 1.78. The Kier molecular flexibility index (Phi) is 5.81. The van der Waals surface area contributed by atoms with Gasteiger partial charge in [0.2, 0.25) is 0 Å². The molecule has 0 aliphatic heterocycles. The Bertz CT molecular complexity index is 316. The predicted molar refractivity (Wildman–Crippen MR) is 42.8 cm³/mol. The zero-order valence-electron chi connectivity index (χ0n) is 7.00. The number of halogens is 6. The number of hydrogen-bond donors (Lipinski definition) is 0. The Labute approximate surface area is 128 Å². The van der Waals surface area contributed by atoms with Crippen molar-refractivity contribution in [3.8, 4) is 0 Å². The van der Waals surface area contributed by atoms with Crippen molar-refractivity contribution in [2.24, 2.45) is 0 Å². The van der Waals surface area contributed by atoms with Crippen LogP contribution < -0.4 is 56.8 Å². The van der Waals surface area contributed by atoms with Gasteiger partial charge in [0.05, 0.1) is 0 Å². The first-order chi connectivity index (χ1) is 5.82. The van der Waals surface area contributed by atoms with E-state index in [1.54, 1.807) is 0 Å². The maximum Gasteiger partial charge on any atom is 1.00 e. The zero-order chi connectivity index (χ0) is 10.2. The van der Waals surface area contributed by atoms with Crippen LogP contribution in [0.4, 0.5) is 21.7 Å². The fraction of sp³-hybridized carbons (Fsp3) is 0. The number of benzene rings is 1. The topological polar surface area (TPSA) is 0 Å². The van der Waals surface area contributed by atoms with Gasteiger partial charge in [-0.1, -0.05) is 21.4 Å². The monoisotopic (exact) mass is 298 g/mol. The molecule has 0 saturated carbocycles. The SMILES string of the molecule is Fc1cc(F)c([B-](F)(F)F)c(Br)c1.[K+]. The van der Waals surface area contributed by atoms with E-state index in [2.05, 4.69) is 15.9 Å². The third-order valence-electron chi connectivity index (χ3n) is 1.37. The van der Waals surface area contributed by atoms with Crippen molar-refractivity contribution >= 4 is 28.4 Å². The van der Waals surface area contributed by atoms with Gasteiger partial charge in [0.15, 0.2) is 0 Å². The molecule has 1 rings (SSSR count). The summed E-state index contributed by atoms with van der Waals surface area (Å²) in [5, 5.41) is 0. The van der Waals surface area contributed by atoms with E-state index in [0.29, 0.717) is 6.07 Å². The van der Waals surface area contributed by atoms with E-state index < -0.39 is 28.5 Å². The molecule has 0 aromatic heterocycles. The quantitative estimate of drug-likeness (QED) is 0.497. The van der Waals surface area contributed by atoms with Crippen LogP contribution in [0.25, 0.3) is 0 Å². The minimum absolute atomic E-state index is 0. The summed E-state index contributed by atoms with van der Waals surface area (Å²) >= 11 is 2.45. The van der Waals surface area contributed by atoms with Crippen molar-refractivity contribution in [2.45, 2.75) is 0 Å². The Morgan fingerprint density at radius 3 is 1.93 bits per heavy atom. The average molecular weight is 299 g/mol. The molecule has 14 heavy (non-hydrogen) atoms. The second-order valence-corrected chi connectivity index (χ2v) is 3.21. The third-order valence-corrected chi connectivity index (χ3v) is 2.03. The van der Waals surface area contributed by atoms with E-state index in [9.17, 15) is 21.7 Å². The van der Waals surface area contributed by atoms with Gasteiger partial charge in [-0.15, -0.1) is 0 Å². The molecule has 0 radical (unpaired) electrons. The van der Waals surface area contributed by atoms with Crippen molar-refractivity contribution in [2.75, 3.05) is 0 Å². The molecule has 0 nitrogen and oxygen atoms in total. The second-order valence-electron chi connectivity index (χ2n) is 2.36. The van der Waals surface area contributed by atoms with E-state index in [4.69, 9.17) is 0 Å². The van der Waals surface area contributed by atoms with Crippen LogP contribution in [-0.2, 0) is 0 Å². The largest absolute Gasteiger partial charge is 1.00 e. The maximum absolute atomic E-state index is 12.6. The van der Waals surface area contributed by atoms with Gasteiger partial charge in [-0.2, -0.15) is 0 Å². The zero-order valence-corrected chi connectivity index (χ0v) is 11.7. The summed E-state index contributed by atoms with van der Waals surface area (Å²) in [7, 11) is 0. The van der Waals surface area contributed by atoms with Crippen molar-refractivity contribution in [3.05, 3.63) is 28.2 Å². The van der Waals surface area contributed by atoms with Crippen LogP contribution in [0.1, 0.15) is 0 Å². The maximum atomic E-state index is 12.6. The first kappa shape index (κ1) is 15.1. The molecule has 0 unspecified atom stereocenters. The summed E-state index contributed by atoms with van der Waals surface area (Å²) in [6, 6.07) is 0.781. The molecule has 0 saturated heterocycles. The summed E-state index contributed by atoms with van der Waals surface area (Å²) in [5.41, 5.74) is -1.43. The van der Waals surface area contributed by atoms with Crippen LogP contribution in [0.15, 0.2) is 16.6 Å². The van der Waals surface area contributed by atoms with Crippen LogP contribution in [0.5, 0.6) is 0 Å². The van der Waals surface area contributed by atoms with Gasteiger partial charge in [-0.05, 0) is 10.5 Å². The van der Waals surface area contributed by atoms with Crippen molar-refractivity contribution in [3.63, 3.8) is 0 Å². The Hall–Kier alpha value is 1.05. The van der Waals surface area contributed by atoms with E-state index in [1.165, 1.54) is 0 Å². The first-order valence-corrected chi connectivity index (χ1v) is 3.96. The predicted octanol–water partition coefficient (Wildman–Crippen LogP) is -0.214. The van der Waals surface area contributed by atoms with Crippen molar-refractivity contribution in [1.82, 2.24) is 0 Å². The number of rotatable bonds is 1. The molecule has 72 valence electrons. The molecule has 0 aliphatic carbocycles. The van der Waals surface area contributed by atoms with Crippen LogP contribution in [0, 0.1) is 11.6 Å². The normalized spacial score (nSPS) is 11.0. The summed E-state index contributed by atoms with van der Waals surface area (Å²) in [6.45, 7) is -5.46. The minimum atomic E-state index is -5.46. The fourth-order valence-electron chi connectivity index (χ4n) is 0.866. The number of hydrogen-bond acceptors (Lipinski definition) is 0. The molecule has 8 heteroatoms. The molecule has 1 aromatic carbocycles. The molecule has 0 atom stereocenters. The van der Waals surface area contributed by atoms with E-state index >= 15 is 0 Å². The molecule has 1 aromatic rings. The summed E-state index contributed by atoms with van der Waals surface area (Å²) in [4.78, 5) is 0. The van der Waals surface area contributed by atoms with Crippen molar-refractivity contribution in [1.29, 1.82) is 0 Å². The summed E-state index contributed by atoms with van der Waals surface area (Å²) in [6.07, 6.45) is 0. The Balaban J connectivity index is 0.00000169. The van der Waals surface area contributed by atoms with E-state index in [-0.39, 0.29) is 57.5 Å². The van der Waals surface area contributed by atoms with Crippen LogP contribution >= 0.6 is 15.9 Å². The second kappa shape index (κ2) is 5.40. The summed E-state index contributed by atoms with van der Waals surface area (Å²) in [5.74, 6) is -2.65. The van der Waals surface area contributed by atoms with Gasteiger partial charge in [0.1, 0.15) is 11.6 Å². The Morgan fingerprint density at radius 1 is 1.07 bits per heavy atom. The molecule has 0 amide bonds. The van der Waals surface area contributed by atoms with Crippen LogP contribution in [0.3, 0.4) is 0 Å². The molecular formula is C6H2BBrF5K. The Morgan fingerprint density at radius 2 is 1.57 bits per heavy atom. The molecule has 0 fully saturated rings. The molecule has 0 bridgehead atoms. The smallest absolute Gasteiger partial charge is 0.445 e. The van der Waals surface area contributed by atoms with E-state index in [1.807, 2.05) is 0 Å². The summed E-state index contributed by atoms with van der Waals surface area (Å²) < 4.78 is 60.7. The molecule has 0 heterocycles. The van der Waals surface area contributed by atoms with Gasteiger partial charge in [0.25, 0.3) is 0 Å². The van der Waals surface area contributed by atoms with Gasteiger partial charge < -0.3 is 12.9 Å². The van der Waals surface area contributed by atoms with Crippen LogP contribution in [0.2, 0.25) is 0 Å². The van der Waals surface area contributed by atoms with Gasteiger partial charge in [-0.3, -0.25) is 0 Å². The van der Waals surface area contributed by atoms with E-state index in [0.717, 1.165) is 0 Å². The molecular weight excluding hydrogens is 297 g/mol. The molecule has 0 N–H and O–H groups in total.